The third-order valence-corrected chi connectivity index (χ3v) is 3.97. The van der Waals surface area contributed by atoms with Crippen LogP contribution in [0.1, 0.15) is 20.8 Å². The number of methoxy groups -OCH3 is 1. The molecule has 0 aliphatic rings. The molecule has 0 saturated heterocycles. The number of hydrogen-bond donors (Lipinski definition) is 0. The number of hydrogen-bond acceptors (Lipinski definition) is 5. The molecule has 0 amide bonds. The Bertz CT molecular complexity index is 1010. The molecule has 0 radical (unpaired) electrons. The molecule has 3 rings (SSSR count). The summed E-state index contributed by atoms with van der Waals surface area (Å²) in [6.07, 6.45) is 1.42. The topological polar surface area (TPSA) is 65.7 Å². The van der Waals surface area contributed by atoms with Crippen LogP contribution in [0.15, 0.2) is 57.9 Å². The summed E-state index contributed by atoms with van der Waals surface area (Å²) in [5, 5.41) is 0.425. The van der Waals surface area contributed by atoms with E-state index in [2.05, 4.69) is 0 Å². The van der Waals surface area contributed by atoms with Crippen molar-refractivity contribution in [3.63, 3.8) is 0 Å². The second kappa shape index (κ2) is 6.67. The zero-order chi connectivity index (χ0) is 18.9. The fraction of sp³-hybridized carbons (Fsp3) is 0.238. The first-order valence-electron chi connectivity index (χ1n) is 8.22. The number of carbonyl (C=O) groups is 1. The molecule has 2 aromatic carbocycles. The van der Waals surface area contributed by atoms with Crippen LogP contribution in [0.25, 0.3) is 22.1 Å². The van der Waals surface area contributed by atoms with Gasteiger partial charge in [-0.2, -0.15) is 0 Å². The van der Waals surface area contributed by atoms with Crippen molar-refractivity contribution in [3.8, 4) is 22.6 Å². The third kappa shape index (κ3) is 3.47. The molecule has 5 heteroatoms. The van der Waals surface area contributed by atoms with Crippen molar-refractivity contribution in [1.82, 2.24) is 0 Å². The Morgan fingerprint density at radius 3 is 2.27 bits per heavy atom. The summed E-state index contributed by atoms with van der Waals surface area (Å²) < 4.78 is 16.1. The predicted octanol–water partition coefficient (Wildman–Crippen LogP) is 4.42. The number of benzene rings is 2. The van der Waals surface area contributed by atoms with E-state index in [9.17, 15) is 9.59 Å². The normalized spacial score (nSPS) is 11.4. The molecule has 0 aliphatic heterocycles. The van der Waals surface area contributed by atoms with Gasteiger partial charge in [-0.05, 0) is 50.6 Å². The number of esters is 1. The van der Waals surface area contributed by atoms with Crippen LogP contribution in [0.5, 0.6) is 11.5 Å². The van der Waals surface area contributed by atoms with Crippen molar-refractivity contribution in [2.75, 3.05) is 7.11 Å². The van der Waals surface area contributed by atoms with Crippen molar-refractivity contribution >= 4 is 16.9 Å². The molecule has 0 bridgehead atoms. The summed E-state index contributed by atoms with van der Waals surface area (Å²) in [6.45, 7) is 5.33. The van der Waals surface area contributed by atoms with Gasteiger partial charge in [0.25, 0.3) is 0 Å². The molecule has 0 saturated carbocycles. The van der Waals surface area contributed by atoms with Crippen LogP contribution >= 0.6 is 0 Å². The van der Waals surface area contributed by atoms with Gasteiger partial charge in [0.15, 0.2) is 5.43 Å². The Morgan fingerprint density at radius 1 is 1.00 bits per heavy atom. The molecule has 26 heavy (non-hydrogen) atoms. The molecule has 5 nitrogen and oxygen atoms in total. The Labute approximate surface area is 151 Å². The maximum Gasteiger partial charge on any atom is 0.316 e. The highest BCUT2D eigenvalue weighted by atomic mass is 16.5. The minimum Gasteiger partial charge on any atom is -0.497 e. The monoisotopic (exact) mass is 352 g/mol. The van der Waals surface area contributed by atoms with Gasteiger partial charge in [-0.3, -0.25) is 9.59 Å². The van der Waals surface area contributed by atoms with E-state index < -0.39 is 5.41 Å². The molecule has 0 atom stereocenters. The van der Waals surface area contributed by atoms with E-state index >= 15 is 0 Å². The van der Waals surface area contributed by atoms with Crippen molar-refractivity contribution in [3.05, 3.63) is 59.0 Å². The van der Waals surface area contributed by atoms with Crippen LogP contribution in [0.4, 0.5) is 0 Å². The quantitative estimate of drug-likeness (QED) is 0.516. The number of carbonyl (C=O) groups excluding carboxylic acids is 1. The molecule has 0 aliphatic carbocycles. The summed E-state index contributed by atoms with van der Waals surface area (Å²) in [5.41, 5.74) is 0.800. The van der Waals surface area contributed by atoms with Gasteiger partial charge < -0.3 is 13.9 Å². The fourth-order valence-corrected chi connectivity index (χ4v) is 2.40. The van der Waals surface area contributed by atoms with Gasteiger partial charge >= 0.3 is 5.97 Å². The predicted molar refractivity (Wildman–Crippen MR) is 99.6 cm³/mol. The SMILES string of the molecule is COc1ccc(-c2coc3cc(OC(=O)C(C)(C)C)ccc3c2=O)cc1. The van der Waals surface area contributed by atoms with Crippen molar-refractivity contribution in [2.45, 2.75) is 20.8 Å². The standard InChI is InChI=1S/C21H20O5/c1-21(2,3)20(23)26-15-9-10-16-18(11-15)25-12-17(19(16)22)13-5-7-14(24-4)8-6-13/h5-12H,1-4H3. The molecule has 3 aromatic rings. The molecule has 0 fully saturated rings. The lowest BCUT2D eigenvalue weighted by Crippen LogP contribution is -2.25. The minimum atomic E-state index is -0.617. The van der Waals surface area contributed by atoms with Gasteiger partial charge in [-0.1, -0.05) is 12.1 Å². The van der Waals surface area contributed by atoms with Crippen LogP contribution in [0.3, 0.4) is 0 Å². The highest BCUT2D eigenvalue weighted by Crippen LogP contribution is 2.26. The van der Waals surface area contributed by atoms with Crippen LogP contribution in [0, 0.1) is 5.41 Å². The summed E-state index contributed by atoms with van der Waals surface area (Å²) in [6, 6.07) is 11.9. The third-order valence-electron chi connectivity index (χ3n) is 3.97. The molecule has 134 valence electrons. The number of rotatable bonds is 3. The van der Waals surface area contributed by atoms with Gasteiger partial charge in [-0.25, -0.2) is 0 Å². The first-order chi connectivity index (χ1) is 12.3. The largest absolute Gasteiger partial charge is 0.497 e. The van der Waals surface area contributed by atoms with Crippen LogP contribution in [-0.4, -0.2) is 13.1 Å². The Hall–Kier alpha value is -3.08. The Balaban J connectivity index is 1.98. The van der Waals surface area contributed by atoms with E-state index in [-0.39, 0.29) is 11.4 Å². The minimum absolute atomic E-state index is 0.148. The summed E-state index contributed by atoms with van der Waals surface area (Å²) in [4.78, 5) is 24.8. The number of fused-ring (bicyclic) bond motifs is 1. The first kappa shape index (κ1) is 17.7. The average Bonchev–Trinajstić information content (AvgIpc) is 2.61. The molecule has 1 heterocycles. The lowest BCUT2D eigenvalue weighted by atomic mass is 9.97. The average molecular weight is 352 g/mol. The summed E-state index contributed by atoms with van der Waals surface area (Å²) in [5.74, 6) is 0.705. The van der Waals surface area contributed by atoms with Crippen LogP contribution < -0.4 is 14.9 Å². The van der Waals surface area contributed by atoms with Crippen LogP contribution in [-0.2, 0) is 4.79 Å². The smallest absolute Gasteiger partial charge is 0.316 e. The van der Waals surface area contributed by atoms with E-state index in [0.717, 1.165) is 5.56 Å². The second-order valence-corrected chi connectivity index (χ2v) is 7.00. The molecular formula is C21H20O5. The van der Waals surface area contributed by atoms with Gasteiger partial charge in [0, 0.05) is 6.07 Å². The second-order valence-electron chi connectivity index (χ2n) is 7.00. The molecule has 0 unspecified atom stereocenters. The van der Waals surface area contributed by atoms with E-state index in [1.807, 2.05) is 0 Å². The van der Waals surface area contributed by atoms with Crippen molar-refractivity contribution in [1.29, 1.82) is 0 Å². The number of ether oxygens (including phenoxy) is 2. The van der Waals surface area contributed by atoms with Crippen molar-refractivity contribution < 1.29 is 18.7 Å². The van der Waals surface area contributed by atoms with Gasteiger partial charge in [-0.15, -0.1) is 0 Å². The zero-order valence-electron chi connectivity index (χ0n) is 15.2. The van der Waals surface area contributed by atoms with Gasteiger partial charge in [0.05, 0.1) is 23.5 Å². The fourth-order valence-electron chi connectivity index (χ4n) is 2.40. The van der Waals surface area contributed by atoms with E-state index in [0.29, 0.717) is 28.0 Å². The van der Waals surface area contributed by atoms with Gasteiger partial charge in [0.2, 0.25) is 0 Å². The summed E-state index contributed by atoms with van der Waals surface area (Å²) in [7, 11) is 1.59. The molecular weight excluding hydrogens is 332 g/mol. The molecule has 0 spiro atoms. The first-order valence-corrected chi connectivity index (χ1v) is 8.22. The van der Waals surface area contributed by atoms with E-state index in [1.165, 1.54) is 6.26 Å². The zero-order valence-corrected chi connectivity index (χ0v) is 15.2. The highest BCUT2D eigenvalue weighted by Gasteiger charge is 2.24. The van der Waals surface area contributed by atoms with E-state index in [1.54, 1.807) is 70.3 Å². The Morgan fingerprint density at radius 2 is 1.65 bits per heavy atom. The molecule has 0 N–H and O–H groups in total. The summed E-state index contributed by atoms with van der Waals surface area (Å²) >= 11 is 0. The molecule has 1 aromatic heterocycles. The lowest BCUT2D eigenvalue weighted by Gasteiger charge is -2.16. The maximum absolute atomic E-state index is 12.8. The lowest BCUT2D eigenvalue weighted by molar-refractivity contribution is -0.142. The van der Waals surface area contributed by atoms with Crippen LogP contribution in [0.2, 0.25) is 0 Å². The Kier molecular flexibility index (Phi) is 4.55. The van der Waals surface area contributed by atoms with E-state index in [4.69, 9.17) is 13.9 Å². The highest BCUT2D eigenvalue weighted by molar-refractivity contribution is 5.84. The van der Waals surface area contributed by atoms with Crippen molar-refractivity contribution in [2.24, 2.45) is 5.41 Å². The van der Waals surface area contributed by atoms with Gasteiger partial charge in [0.1, 0.15) is 23.3 Å². The maximum atomic E-state index is 12.8.